The Morgan fingerprint density at radius 3 is 2.80 bits per heavy atom. The predicted molar refractivity (Wildman–Crippen MR) is 80.5 cm³/mol. The van der Waals surface area contributed by atoms with Crippen LogP contribution in [0.5, 0.6) is 6.01 Å². The fourth-order valence-corrected chi connectivity index (χ4v) is 2.64. The van der Waals surface area contributed by atoms with Crippen LogP contribution in [0.4, 0.5) is 5.95 Å². The van der Waals surface area contributed by atoms with Crippen LogP contribution in [0.1, 0.15) is 46.0 Å². The molecule has 0 amide bonds. The molecule has 1 saturated heterocycles. The quantitative estimate of drug-likeness (QED) is 0.834. The van der Waals surface area contributed by atoms with Gasteiger partial charge in [0.25, 0.3) is 0 Å². The smallest absolute Gasteiger partial charge is 0.322 e. The van der Waals surface area contributed by atoms with E-state index in [1.165, 1.54) is 25.7 Å². The first-order chi connectivity index (χ1) is 9.72. The molecule has 0 aromatic carbocycles. The third-order valence-corrected chi connectivity index (χ3v) is 3.89. The molecule has 20 heavy (non-hydrogen) atoms. The van der Waals surface area contributed by atoms with E-state index in [4.69, 9.17) is 16.3 Å². The Morgan fingerprint density at radius 1 is 1.20 bits per heavy atom. The first-order valence-electron chi connectivity index (χ1n) is 7.52. The fraction of sp³-hybridized carbons (Fsp3) is 0.786. The summed E-state index contributed by atoms with van der Waals surface area (Å²) in [4.78, 5) is 14.8. The predicted octanol–water partition coefficient (Wildman–Crippen LogP) is 3.33. The van der Waals surface area contributed by atoms with E-state index in [-0.39, 0.29) is 5.28 Å². The molecular weight excluding hydrogens is 276 g/mol. The lowest BCUT2D eigenvalue weighted by molar-refractivity contribution is 0.291. The van der Waals surface area contributed by atoms with Gasteiger partial charge in [0.05, 0.1) is 6.61 Å². The Hall–Kier alpha value is -1.10. The van der Waals surface area contributed by atoms with Gasteiger partial charge in [-0.05, 0) is 43.2 Å². The van der Waals surface area contributed by atoms with Gasteiger partial charge in [0.2, 0.25) is 11.2 Å². The van der Waals surface area contributed by atoms with Crippen molar-refractivity contribution in [1.29, 1.82) is 0 Å². The highest BCUT2D eigenvalue weighted by Gasteiger charge is 2.19. The number of hydrogen-bond acceptors (Lipinski definition) is 5. The normalized spacial score (nSPS) is 19.8. The number of ether oxygens (including phenoxy) is 1. The second-order valence-corrected chi connectivity index (χ2v) is 5.57. The molecule has 1 aliphatic rings. The number of aromatic nitrogens is 3. The largest absolute Gasteiger partial charge is 0.463 e. The molecule has 1 unspecified atom stereocenters. The van der Waals surface area contributed by atoms with Gasteiger partial charge in [-0.15, -0.1) is 0 Å². The zero-order valence-electron chi connectivity index (χ0n) is 12.3. The monoisotopic (exact) mass is 298 g/mol. The Kier molecular flexibility index (Phi) is 5.83. The van der Waals surface area contributed by atoms with Crippen LogP contribution < -0.4 is 9.64 Å². The molecule has 1 fully saturated rings. The van der Waals surface area contributed by atoms with E-state index >= 15 is 0 Å². The summed E-state index contributed by atoms with van der Waals surface area (Å²) in [5.74, 6) is 1.46. The van der Waals surface area contributed by atoms with Gasteiger partial charge in [-0.1, -0.05) is 20.3 Å². The molecular formula is C14H23ClN4O. The van der Waals surface area contributed by atoms with Crippen molar-refractivity contribution in [2.45, 2.75) is 46.0 Å². The maximum atomic E-state index is 5.98. The average Bonchev–Trinajstić information content (AvgIpc) is 2.70. The Labute approximate surface area is 125 Å². The van der Waals surface area contributed by atoms with Crippen molar-refractivity contribution >= 4 is 17.5 Å². The molecule has 5 nitrogen and oxygen atoms in total. The van der Waals surface area contributed by atoms with Crippen molar-refractivity contribution in [2.24, 2.45) is 5.92 Å². The van der Waals surface area contributed by atoms with Gasteiger partial charge in [0, 0.05) is 13.1 Å². The summed E-state index contributed by atoms with van der Waals surface area (Å²) in [7, 11) is 0. The van der Waals surface area contributed by atoms with Crippen molar-refractivity contribution < 1.29 is 4.74 Å². The third kappa shape index (κ3) is 4.20. The maximum Gasteiger partial charge on any atom is 0.322 e. The standard InChI is InChI=1S/C14H23ClN4O/c1-3-10-20-14-17-12(15)16-13(18-14)19-8-5-6-11(4-2)7-9-19/h11H,3-10H2,1-2H3. The molecule has 2 heterocycles. The highest BCUT2D eigenvalue weighted by molar-refractivity contribution is 6.28. The lowest BCUT2D eigenvalue weighted by Gasteiger charge is -2.20. The van der Waals surface area contributed by atoms with Crippen LogP contribution in [0.2, 0.25) is 5.28 Å². The van der Waals surface area contributed by atoms with Crippen molar-refractivity contribution in [2.75, 3.05) is 24.6 Å². The van der Waals surface area contributed by atoms with Crippen LogP contribution >= 0.6 is 11.6 Å². The van der Waals surface area contributed by atoms with Gasteiger partial charge in [-0.25, -0.2) is 0 Å². The Morgan fingerprint density at radius 2 is 2.05 bits per heavy atom. The SMILES string of the molecule is CCCOc1nc(Cl)nc(N2CCCC(CC)CC2)n1. The fourth-order valence-electron chi connectivity index (χ4n) is 2.49. The highest BCUT2D eigenvalue weighted by Crippen LogP contribution is 2.23. The number of nitrogens with zero attached hydrogens (tertiary/aromatic N) is 4. The first-order valence-corrected chi connectivity index (χ1v) is 7.90. The van der Waals surface area contributed by atoms with Gasteiger partial charge in [-0.3, -0.25) is 0 Å². The summed E-state index contributed by atoms with van der Waals surface area (Å²) in [5.41, 5.74) is 0. The lowest BCUT2D eigenvalue weighted by atomic mass is 9.98. The minimum atomic E-state index is 0.206. The van der Waals surface area contributed by atoms with Crippen LogP contribution in [-0.2, 0) is 0 Å². The van der Waals surface area contributed by atoms with Gasteiger partial charge < -0.3 is 9.64 Å². The van der Waals surface area contributed by atoms with Gasteiger partial charge in [0.15, 0.2) is 0 Å². The molecule has 0 N–H and O–H groups in total. The third-order valence-electron chi connectivity index (χ3n) is 3.72. The summed E-state index contributed by atoms with van der Waals surface area (Å²) >= 11 is 5.98. The van der Waals surface area contributed by atoms with Crippen molar-refractivity contribution in [3.63, 3.8) is 0 Å². The van der Waals surface area contributed by atoms with Crippen LogP contribution in [0.15, 0.2) is 0 Å². The molecule has 2 rings (SSSR count). The molecule has 0 saturated carbocycles. The molecule has 0 spiro atoms. The average molecular weight is 299 g/mol. The molecule has 0 bridgehead atoms. The number of rotatable bonds is 5. The van der Waals surface area contributed by atoms with E-state index in [1.807, 2.05) is 6.92 Å². The van der Waals surface area contributed by atoms with E-state index in [2.05, 4.69) is 26.8 Å². The van der Waals surface area contributed by atoms with Crippen LogP contribution in [-0.4, -0.2) is 34.6 Å². The summed E-state index contributed by atoms with van der Waals surface area (Å²) in [6.07, 6.45) is 5.81. The molecule has 1 atom stereocenters. The van der Waals surface area contributed by atoms with E-state index in [0.29, 0.717) is 18.6 Å². The van der Waals surface area contributed by atoms with Crippen LogP contribution in [0.25, 0.3) is 0 Å². The molecule has 1 aromatic heterocycles. The van der Waals surface area contributed by atoms with Crippen LogP contribution in [0, 0.1) is 5.92 Å². The minimum absolute atomic E-state index is 0.206. The molecule has 6 heteroatoms. The second kappa shape index (κ2) is 7.62. The van der Waals surface area contributed by atoms with E-state index in [9.17, 15) is 0 Å². The van der Waals surface area contributed by atoms with Crippen molar-refractivity contribution in [3.8, 4) is 6.01 Å². The summed E-state index contributed by atoms with van der Waals surface area (Å²) < 4.78 is 5.47. The van der Waals surface area contributed by atoms with Crippen molar-refractivity contribution in [3.05, 3.63) is 5.28 Å². The minimum Gasteiger partial charge on any atom is -0.463 e. The summed E-state index contributed by atoms with van der Waals surface area (Å²) in [6, 6.07) is 0.332. The molecule has 1 aliphatic heterocycles. The molecule has 1 aromatic rings. The van der Waals surface area contributed by atoms with Crippen molar-refractivity contribution in [1.82, 2.24) is 15.0 Å². The number of anilines is 1. The molecule has 0 aliphatic carbocycles. The summed E-state index contributed by atoms with van der Waals surface area (Å²) in [5, 5.41) is 0.206. The lowest BCUT2D eigenvalue weighted by Crippen LogP contribution is -2.26. The first kappa shape index (κ1) is 15.3. The summed E-state index contributed by atoms with van der Waals surface area (Å²) in [6.45, 7) is 6.86. The van der Waals surface area contributed by atoms with E-state index in [0.717, 1.165) is 25.4 Å². The molecule has 0 radical (unpaired) electrons. The maximum absolute atomic E-state index is 5.98. The number of hydrogen-bond donors (Lipinski definition) is 0. The Bertz CT molecular complexity index is 430. The zero-order valence-corrected chi connectivity index (χ0v) is 13.1. The topological polar surface area (TPSA) is 51.1 Å². The second-order valence-electron chi connectivity index (χ2n) is 5.23. The molecule has 112 valence electrons. The van der Waals surface area contributed by atoms with E-state index in [1.54, 1.807) is 0 Å². The van der Waals surface area contributed by atoms with E-state index < -0.39 is 0 Å². The Balaban J connectivity index is 2.08. The number of halogens is 1. The highest BCUT2D eigenvalue weighted by atomic mass is 35.5. The van der Waals surface area contributed by atoms with Gasteiger partial charge in [-0.2, -0.15) is 15.0 Å². The zero-order chi connectivity index (χ0) is 14.4. The van der Waals surface area contributed by atoms with Gasteiger partial charge >= 0.3 is 6.01 Å². The van der Waals surface area contributed by atoms with Gasteiger partial charge in [0.1, 0.15) is 0 Å². The van der Waals surface area contributed by atoms with Crippen LogP contribution in [0.3, 0.4) is 0 Å².